The van der Waals surface area contributed by atoms with Crippen molar-refractivity contribution in [2.24, 2.45) is 0 Å². The van der Waals surface area contributed by atoms with Gasteiger partial charge in [0.25, 0.3) is 0 Å². The SMILES string of the molecule is Cc1ccc(CO)nc1C#N.O=C([O-])[O-].[K+].[K+]. The fourth-order valence-electron chi connectivity index (χ4n) is 0.770. The van der Waals surface area contributed by atoms with Crippen molar-refractivity contribution >= 4 is 6.16 Å². The van der Waals surface area contributed by atoms with Gasteiger partial charge in [-0.1, -0.05) is 6.07 Å². The molecule has 0 aliphatic heterocycles. The van der Waals surface area contributed by atoms with Crippen LogP contribution in [-0.4, -0.2) is 16.2 Å². The van der Waals surface area contributed by atoms with E-state index in [2.05, 4.69) is 4.98 Å². The smallest absolute Gasteiger partial charge is 0.652 e. The zero-order chi connectivity index (χ0) is 11.8. The normalized spacial score (nSPS) is 7.35. The molecule has 0 aliphatic carbocycles. The van der Waals surface area contributed by atoms with Crippen LogP contribution < -0.4 is 113 Å². The number of carbonyl (C=O) groups excluding carboxylic acids is 1. The Kier molecular flexibility index (Phi) is 18.6. The van der Waals surface area contributed by atoms with Crippen molar-refractivity contribution in [1.29, 1.82) is 5.26 Å². The molecule has 0 saturated heterocycles. The molecule has 0 bridgehead atoms. The minimum Gasteiger partial charge on any atom is -0.652 e. The molecule has 1 heterocycles. The maximum atomic E-state index is 8.68. The molecule has 0 aromatic carbocycles. The average molecular weight is 286 g/mol. The van der Waals surface area contributed by atoms with Gasteiger partial charge < -0.3 is 20.1 Å². The maximum absolute atomic E-state index is 8.68. The van der Waals surface area contributed by atoms with E-state index < -0.39 is 6.16 Å². The minimum atomic E-state index is -2.33. The fourth-order valence-corrected chi connectivity index (χ4v) is 0.770. The van der Waals surface area contributed by atoms with Crippen molar-refractivity contribution in [2.45, 2.75) is 13.5 Å². The number of pyridine rings is 1. The molecule has 0 unspecified atom stereocenters. The van der Waals surface area contributed by atoms with Gasteiger partial charge in [-0.2, -0.15) is 5.26 Å². The first kappa shape index (κ1) is 23.3. The van der Waals surface area contributed by atoms with Crippen molar-refractivity contribution in [3.63, 3.8) is 0 Å². The minimum absolute atomic E-state index is 0. The number of aryl methyl sites for hydroxylation is 1. The van der Waals surface area contributed by atoms with Gasteiger partial charge in [0.2, 0.25) is 0 Å². The zero-order valence-electron chi connectivity index (χ0n) is 9.93. The molecule has 80 valence electrons. The molecule has 0 amide bonds. The molecule has 0 atom stereocenters. The largest absolute Gasteiger partial charge is 1.00 e. The van der Waals surface area contributed by atoms with Crippen LogP contribution >= 0.6 is 0 Å². The number of aliphatic hydroxyl groups is 1. The number of carbonyl (C=O) groups is 1. The molecule has 0 spiro atoms. The molecule has 17 heavy (non-hydrogen) atoms. The van der Waals surface area contributed by atoms with Crippen LogP contribution in [0.3, 0.4) is 0 Å². The van der Waals surface area contributed by atoms with E-state index in [1.165, 1.54) is 0 Å². The first-order valence-electron chi connectivity index (χ1n) is 3.86. The number of nitrogens with zero attached hydrogens (tertiary/aromatic N) is 2. The predicted octanol–water partition coefficient (Wildman–Crippen LogP) is -7.68. The molecule has 1 N–H and O–H groups in total. The molecular weight excluding hydrogens is 278 g/mol. The van der Waals surface area contributed by atoms with Gasteiger partial charge in [-0.05, 0) is 24.7 Å². The summed E-state index contributed by atoms with van der Waals surface area (Å²) in [4.78, 5) is 12.2. The van der Waals surface area contributed by atoms with E-state index in [4.69, 9.17) is 25.4 Å². The van der Waals surface area contributed by atoms with Gasteiger partial charge in [0, 0.05) is 0 Å². The van der Waals surface area contributed by atoms with Crippen molar-refractivity contribution in [3.8, 4) is 6.07 Å². The van der Waals surface area contributed by atoms with E-state index in [9.17, 15) is 0 Å². The number of hydrogen-bond acceptors (Lipinski definition) is 6. The fraction of sp³-hybridized carbons (Fsp3) is 0.222. The summed E-state index contributed by atoms with van der Waals surface area (Å²) in [6.07, 6.45) is -2.33. The molecule has 8 heteroatoms. The van der Waals surface area contributed by atoms with Crippen molar-refractivity contribution in [2.75, 3.05) is 0 Å². The van der Waals surface area contributed by atoms with Crippen LogP contribution in [0, 0.1) is 18.3 Å². The second-order valence-electron chi connectivity index (χ2n) is 2.49. The van der Waals surface area contributed by atoms with E-state index in [0.717, 1.165) is 5.56 Å². The Bertz CT molecular complexity index is 389. The van der Waals surface area contributed by atoms with Gasteiger partial charge in [-0.3, -0.25) is 0 Å². The Morgan fingerprint density at radius 1 is 1.47 bits per heavy atom. The van der Waals surface area contributed by atoms with Crippen LogP contribution in [0.1, 0.15) is 17.0 Å². The standard InChI is InChI=1S/C8H8N2O.CH2O3.2K/c1-6-2-3-7(5-11)10-8(6)4-9;2-1(3)4;;/h2-3,11H,5H2,1H3;(H2,2,3,4);;/q;;2*+1/p-2. The van der Waals surface area contributed by atoms with E-state index in [1.54, 1.807) is 12.1 Å². The summed E-state index contributed by atoms with van der Waals surface area (Å²) >= 11 is 0. The Morgan fingerprint density at radius 3 is 2.29 bits per heavy atom. The first-order chi connectivity index (χ1) is 7.01. The van der Waals surface area contributed by atoms with Gasteiger partial charge in [-0.25, -0.2) is 4.98 Å². The molecule has 0 aliphatic rings. The van der Waals surface area contributed by atoms with Gasteiger partial charge in [0.05, 0.1) is 12.3 Å². The van der Waals surface area contributed by atoms with Crippen LogP contribution in [0.2, 0.25) is 0 Å². The van der Waals surface area contributed by atoms with Crippen LogP contribution in [0.5, 0.6) is 0 Å². The monoisotopic (exact) mass is 286 g/mol. The maximum Gasteiger partial charge on any atom is 1.00 e. The second kappa shape index (κ2) is 13.6. The summed E-state index contributed by atoms with van der Waals surface area (Å²) < 4.78 is 0. The Hall–Kier alpha value is 1.14. The van der Waals surface area contributed by atoms with Crippen molar-refractivity contribution < 1.29 is 123 Å². The Morgan fingerprint density at radius 2 is 1.94 bits per heavy atom. The molecule has 1 rings (SSSR count). The summed E-state index contributed by atoms with van der Waals surface area (Å²) in [7, 11) is 0. The van der Waals surface area contributed by atoms with Crippen molar-refractivity contribution in [3.05, 3.63) is 29.1 Å². The van der Waals surface area contributed by atoms with E-state index in [0.29, 0.717) is 11.4 Å². The van der Waals surface area contributed by atoms with Gasteiger partial charge in [-0.15, -0.1) is 0 Å². The summed E-state index contributed by atoms with van der Waals surface area (Å²) in [6.45, 7) is 1.70. The molecule has 0 saturated carbocycles. The van der Waals surface area contributed by atoms with E-state index in [1.807, 2.05) is 13.0 Å². The predicted molar refractivity (Wildman–Crippen MR) is 45.0 cm³/mol. The molecule has 0 fully saturated rings. The molecular formula is C9H8K2N2O4. The number of aliphatic hydroxyl groups excluding tert-OH is 1. The van der Waals surface area contributed by atoms with Crippen LogP contribution in [-0.2, 0) is 6.61 Å². The van der Waals surface area contributed by atoms with Crippen LogP contribution in [0.4, 0.5) is 4.79 Å². The Balaban J connectivity index is -0.000000289. The second-order valence-corrected chi connectivity index (χ2v) is 2.49. The molecule has 6 nitrogen and oxygen atoms in total. The van der Waals surface area contributed by atoms with Crippen LogP contribution in [0.25, 0.3) is 0 Å². The summed E-state index contributed by atoms with van der Waals surface area (Å²) in [6, 6.07) is 5.43. The summed E-state index contributed by atoms with van der Waals surface area (Å²) in [5, 5.41) is 33.9. The molecule has 1 aromatic rings. The number of carboxylic acid groups (broad SMARTS) is 2. The quantitative estimate of drug-likeness (QED) is 0.512. The average Bonchev–Trinajstić information content (AvgIpc) is 2.18. The number of nitriles is 1. The number of rotatable bonds is 1. The van der Waals surface area contributed by atoms with E-state index >= 15 is 0 Å². The third-order valence-corrected chi connectivity index (χ3v) is 1.42. The summed E-state index contributed by atoms with van der Waals surface area (Å²) in [5.41, 5.74) is 1.76. The van der Waals surface area contributed by atoms with Crippen molar-refractivity contribution in [1.82, 2.24) is 4.98 Å². The topological polar surface area (TPSA) is 120 Å². The zero-order valence-corrected chi connectivity index (χ0v) is 16.2. The first-order valence-corrected chi connectivity index (χ1v) is 3.86. The summed E-state index contributed by atoms with van der Waals surface area (Å²) in [5.74, 6) is 0. The Labute approximate surface area is 184 Å². The van der Waals surface area contributed by atoms with Gasteiger partial charge >= 0.3 is 103 Å². The van der Waals surface area contributed by atoms with Gasteiger partial charge in [0.1, 0.15) is 11.8 Å². The molecule has 1 aromatic heterocycles. The third kappa shape index (κ3) is 11.9. The van der Waals surface area contributed by atoms with Gasteiger partial charge in [0.15, 0.2) is 0 Å². The molecule has 0 radical (unpaired) electrons. The number of aromatic nitrogens is 1. The number of hydrogen-bond donors (Lipinski definition) is 1. The van der Waals surface area contributed by atoms with E-state index in [-0.39, 0.29) is 109 Å². The third-order valence-electron chi connectivity index (χ3n) is 1.42. The van der Waals surface area contributed by atoms with Crippen LogP contribution in [0.15, 0.2) is 12.1 Å².